The number of anilines is 1. The van der Waals surface area contributed by atoms with Crippen LogP contribution in [0.5, 0.6) is 0 Å². The molecule has 30 heavy (non-hydrogen) atoms. The number of aryl methyl sites for hydroxylation is 1. The van der Waals surface area contributed by atoms with Gasteiger partial charge in [0.15, 0.2) is 0 Å². The van der Waals surface area contributed by atoms with Gasteiger partial charge < -0.3 is 18.8 Å². The van der Waals surface area contributed by atoms with Gasteiger partial charge in [0.05, 0.1) is 31.1 Å². The molecule has 8 heteroatoms. The van der Waals surface area contributed by atoms with E-state index in [0.717, 1.165) is 47.9 Å². The lowest BCUT2D eigenvalue weighted by Crippen LogP contribution is -2.43. The smallest absolute Gasteiger partial charge is 0.322 e. The Bertz CT molecular complexity index is 831. The summed E-state index contributed by atoms with van der Waals surface area (Å²) in [6, 6.07) is 3.91. The van der Waals surface area contributed by atoms with Crippen LogP contribution in [0.15, 0.2) is 22.7 Å². The van der Waals surface area contributed by atoms with E-state index in [2.05, 4.69) is 9.97 Å². The molecule has 1 saturated carbocycles. The molecule has 0 saturated heterocycles. The van der Waals surface area contributed by atoms with Crippen LogP contribution in [0.25, 0.3) is 11.5 Å². The van der Waals surface area contributed by atoms with Gasteiger partial charge in [0, 0.05) is 32.5 Å². The van der Waals surface area contributed by atoms with E-state index in [-0.39, 0.29) is 10.7 Å². The summed E-state index contributed by atoms with van der Waals surface area (Å²) in [6.07, 6.45) is 5.36. The normalized spacial score (nSPS) is 14.9. The monoisotopic (exact) mass is 433 g/mol. The minimum atomic E-state index is -0.340. The van der Waals surface area contributed by atoms with Crippen molar-refractivity contribution >= 4 is 23.5 Å². The molecule has 1 aliphatic rings. The average Bonchev–Trinajstić information content (AvgIpc) is 3.07. The summed E-state index contributed by atoms with van der Waals surface area (Å²) in [5.74, 6) is 2.99. The highest BCUT2D eigenvalue weighted by Gasteiger charge is 2.45. The van der Waals surface area contributed by atoms with E-state index in [1.165, 1.54) is 0 Å². The molecule has 0 atom stereocenters. The van der Waals surface area contributed by atoms with Crippen molar-refractivity contribution in [1.82, 2.24) is 9.97 Å². The van der Waals surface area contributed by atoms with Gasteiger partial charge in [0.25, 0.3) is 0 Å². The second-order valence-electron chi connectivity index (χ2n) is 7.60. The van der Waals surface area contributed by atoms with Gasteiger partial charge in [-0.05, 0) is 45.2 Å². The molecule has 0 N–H and O–H groups in total. The fourth-order valence-corrected chi connectivity index (χ4v) is 4.64. The van der Waals surface area contributed by atoms with Crippen molar-refractivity contribution in [3.05, 3.63) is 29.8 Å². The number of carbonyl (C=O) groups is 1. The van der Waals surface area contributed by atoms with Crippen LogP contribution in [0, 0.1) is 6.92 Å². The Morgan fingerprint density at radius 2 is 2.10 bits per heavy atom. The maximum atomic E-state index is 12.2. The first-order chi connectivity index (χ1) is 14.4. The topological polar surface area (TPSA) is 77.7 Å². The van der Waals surface area contributed by atoms with Crippen LogP contribution in [0.3, 0.4) is 0 Å². The quantitative estimate of drug-likeness (QED) is 0.390. The predicted molar refractivity (Wildman–Crippen MR) is 119 cm³/mol. The first kappa shape index (κ1) is 22.6. The molecule has 2 aromatic heterocycles. The van der Waals surface area contributed by atoms with Crippen LogP contribution in [0.2, 0.25) is 0 Å². The van der Waals surface area contributed by atoms with Crippen LogP contribution in [-0.2, 0) is 20.7 Å². The molecule has 164 valence electrons. The van der Waals surface area contributed by atoms with Crippen molar-refractivity contribution in [1.29, 1.82) is 0 Å². The molecular weight excluding hydrogens is 402 g/mol. The maximum Gasteiger partial charge on any atom is 0.322 e. The highest BCUT2D eigenvalue weighted by molar-refractivity contribution is 8.01. The highest BCUT2D eigenvalue weighted by Crippen LogP contribution is 2.45. The summed E-state index contributed by atoms with van der Waals surface area (Å²) >= 11 is 1.67. The van der Waals surface area contributed by atoms with E-state index in [4.69, 9.17) is 13.9 Å². The molecule has 1 fully saturated rings. The molecule has 0 bridgehead atoms. The predicted octanol–water partition coefficient (Wildman–Crippen LogP) is 3.89. The third-order valence-electron chi connectivity index (χ3n) is 5.24. The lowest BCUT2D eigenvalue weighted by Gasteiger charge is -2.38. The van der Waals surface area contributed by atoms with E-state index >= 15 is 0 Å². The van der Waals surface area contributed by atoms with E-state index in [0.29, 0.717) is 32.1 Å². The van der Waals surface area contributed by atoms with E-state index in [1.807, 2.05) is 45.0 Å². The fourth-order valence-electron chi connectivity index (χ4n) is 3.30. The molecule has 2 aromatic rings. The van der Waals surface area contributed by atoms with Crippen molar-refractivity contribution in [2.75, 3.05) is 44.6 Å². The van der Waals surface area contributed by atoms with E-state index in [1.54, 1.807) is 18.0 Å². The van der Waals surface area contributed by atoms with E-state index < -0.39 is 0 Å². The van der Waals surface area contributed by atoms with Gasteiger partial charge in [-0.15, -0.1) is 11.8 Å². The molecule has 0 aliphatic heterocycles. The van der Waals surface area contributed by atoms with Gasteiger partial charge in [-0.3, -0.25) is 4.79 Å². The highest BCUT2D eigenvalue weighted by atomic mass is 32.2. The number of aromatic nitrogens is 2. The van der Waals surface area contributed by atoms with E-state index in [9.17, 15) is 4.79 Å². The van der Waals surface area contributed by atoms with Crippen molar-refractivity contribution < 1.29 is 18.7 Å². The molecule has 0 amide bonds. The molecule has 0 radical (unpaired) electrons. The number of oxazole rings is 1. The Labute approximate surface area is 182 Å². The lowest BCUT2D eigenvalue weighted by atomic mass is 9.84. The van der Waals surface area contributed by atoms with Crippen LogP contribution in [0.4, 0.5) is 5.82 Å². The van der Waals surface area contributed by atoms with Crippen LogP contribution >= 0.6 is 11.8 Å². The minimum absolute atomic E-state index is 0.0693. The third-order valence-corrected chi connectivity index (χ3v) is 6.74. The third kappa shape index (κ3) is 5.35. The average molecular weight is 434 g/mol. The molecule has 0 aromatic carbocycles. The maximum absolute atomic E-state index is 12.2. The molecule has 0 spiro atoms. The fraction of sp³-hybridized carbons (Fsp3) is 0.591. The SMILES string of the molecule is CCOC(=O)C1(SCCOCCc2nc(-c3ccc(N(C)C)nc3)oc2C)CCC1. The number of esters is 1. The van der Waals surface area contributed by atoms with Gasteiger partial charge >= 0.3 is 5.97 Å². The Kier molecular flexibility index (Phi) is 7.77. The zero-order valence-electron chi connectivity index (χ0n) is 18.3. The second-order valence-corrected chi connectivity index (χ2v) is 9.08. The van der Waals surface area contributed by atoms with Crippen LogP contribution in [0.1, 0.15) is 37.6 Å². The molecule has 3 rings (SSSR count). The minimum Gasteiger partial charge on any atom is -0.465 e. The van der Waals surface area contributed by atoms with Crippen molar-refractivity contribution in [3.8, 4) is 11.5 Å². The summed E-state index contributed by atoms with van der Waals surface area (Å²) in [5.41, 5.74) is 1.76. The van der Waals surface area contributed by atoms with Gasteiger partial charge in [-0.2, -0.15) is 0 Å². The molecular formula is C22H31N3O4S. The Morgan fingerprint density at radius 3 is 2.70 bits per heavy atom. The summed E-state index contributed by atoms with van der Waals surface area (Å²) in [4.78, 5) is 23.1. The number of ether oxygens (including phenoxy) is 2. The number of nitrogens with zero attached hydrogens (tertiary/aromatic N) is 3. The number of rotatable bonds is 11. The Morgan fingerprint density at radius 1 is 1.30 bits per heavy atom. The lowest BCUT2D eigenvalue weighted by molar-refractivity contribution is -0.148. The first-order valence-corrected chi connectivity index (χ1v) is 11.4. The number of carbonyl (C=O) groups excluding carboxylic acids is 1. The van der Waals surface area contributed by atoms with Crippen molar-refractivity contribution in [3.63, 3.8) is 0 Å². The second kappa shape index (κ2) is 10.3. The molecule has 2 heterocycles. The Hall–Kier alpha value is -2.06. The van der Waals surface area contributed by atoms with Gasteiger partial charge in [-0.25, -0.2) is 9.97 Å². The summed E-state index contributed by atoms with van der Waals surface area (Å²) < 4.78 is 16.5. The molecule has 0 unspecified atom stereocenters. The number of thioether (sulfide) groups is 1. The van der Waals surface area contributed by atoms with Crippen molar-refractivity contribution in [2.45, 2.75) is 44.3 Å². The summed E-state index contributed by atoms with van der Waals surface area (Å²) in [5, 5.41) is 0. The largest absolute Gasteiger partial charge is 0.465 e. The standard InChI is InChI=1S/C22H31N3O4S/c1-5-28-21(26)22(10-6-11-22)30-14-13-27-12-9-18-16(2)29-20(24-18)17-7-8-19(23-15-17)25(3)4/h7-8,15H,5-6,9-14H2,1-4H3. The Balaban J connectivity index is 1.43. The van der Waals surface area contributed by atoms with Crippen molar-refractivity contribution in [2.24, 2.45) is 0 Å². The number of hydrogen-bond donors (Lipinski definition) is 0. The van der Waals surface area contributed by atoms with Crippen LogP contribution in [-0.4, -0.2) is 60.4 Å². The van der Waals surface area contributed by atoms with Gasteiger partial charge in [0.1, 0.15) is 16.3 Å². The summed E-state index contributed by atoms with van der Waals surface area (Å²) in [6.45, 7) is 5.38. The number of pyridine rings is 1. The zero-order valence-corrected chi connectivity index (χ0v) is 19.1. The zero-order chi connectivity index (χ0) is 21.6. The van der Waals surface area contributed by atoms with Gasteiger partial charge in [-0.1, -0.05) is 0 Å². The molecule has 1 aliphatic carbocycles. The number of hydrogen-bond acceptors (Lipinski definition) is 8. The molecule has 7 nitrogen and oxygen atoms in total. The first-order valence-electron chi connectivity index (χ1n) is 10.4. The van der Waals surface area contributed by atoms with Crippen LogP contribution < -0.4 is 4.90 Å². The summed E-state index contributed by atoms with van der Waals surface area (Å²) in [7, 11) is 3.91. The van der Waals surface area contributed by atoms with Gasteiger partial charge in [0.2, 0.25) is 5.89 Å².